The summed E-state index contributed by atoms with van der Waals surface area (Å²) in [6.07, 6.45) is 1.38. The van der Waals surface area contributed by atoms with Crippen LogP contribution in [0.25, 0.3) is 0 Å². The Hall–Kier alpha value is -1.80. The van der Waals surface area contributed by atoms with Crippen LogP contribution in [0.1, 0.15) is 26.7 Å². The summed E-state index contributed by atoms with van der Waals surface area (Å²) in [6, 6.07) is 7.09. The van der Waals surface area contributed by atoms with E-state index in [1.54, 1.807) is 12.1 Å². The van der Waals surface area contributed by atoms with E-state index in [0.29, 0.717) is 13.0 Å². The number of amides is 1. The van der Waals surface area contributed by atoms with Crippen LogP contribution < -0.4 is 9.80 Å². The number of nitrogens with one attached hydrogen (secondary N) is 1. The topological polar surface area (TPSA) is 82.4 Å². The summed E-state index contributed by atoms with van der Waals surface area (Å²) in [7, 11) is -3.01. The normalized spacial score (nSPS) is 23.5. The average Bonchev–Trinajstić information content (AvgIpc) is 3.02. The maximum Gasteiger partial charge on any atom is 0.278 e. The van der Waals surface area contributed by atoms with Gasteiger partial charge < -0.3 is 19.8 Å². The Morgan fingerprint density at radius 2 is 1.93 bits per heavy atom. The highest BCUT2D eigenvalue weighted by Crippen LogP contribution is 2.21. The molecule has 1 aromatic rings. The number of anilines is 1. The standard InChI is InChI=1S/C20H31N3O4S/c1-3-16(2)23(18-8-13-28(26,27)15-18)20(25)14-21-9-11-22(12-10-21)17-4-6-19(24)7-5-17/h4-7,16,18,24H,3,8-15H2,1-2H3/p+1/t16-,18+/m1/s1. The zero-order chi connectivity index (χ0) is 20.3. The van der Waals surface area contributed by atoms with E-state index in [1.807, 2.05) is 30.9 Å². The van der Waals surface area contributed by atoms with Gasteiger partial charge in [0.1, 0.15) is 5.75 Å². The van der Waals surface area contributed by atoms with Crippen LogP contribution in [0.2, 0.25) is 0 Å². The fourth-order valence-corrected chi connectivity index (χ4v) is 5.94. The number of hydrogen-bond donors (Lipinski definition) is 2. The monoisotopic (exact) mass is 410 g/mol. The molecule has 1 aromatic carbocycles. The summed E-state index contributed by atoms with van der Waals surface area (Å²) in [5.41, 5.74) is 1.08. The van der Waals surface area contributed by atoms with Crippen molar-refractivity contribution in [3.8, 4) is 5.75 Å². The van der Waals surface area contributed by atoms with Gasteiger partial charge >= 0.3 is 0 Å². The maximum atomic E-state index is 13.1. The zero-order valence-electron chi connectivity index (χ0n) is 16.8. The molecule has 2 N–H and O–H groups in total. The van der Waals surface area contributed by atoms with Crippen LogP contribution in [0.15, 0.2) is 24.3 Å². The van der Waals surface area contributed by atoms with Gasteiger partial charge in [0.15, 0.2) is 16.4 Å². The van der Waals surface area contributed by atoms with E-state index in [9.17, 15) is 18.3 Å². The lowest BCUT2D eigenvalue weighted by Gasteiger charge is -2.37. The lowest BCUT2D eigenvalue weighted by molar-refractivity contribution is -0.892. The summed E-state index contributed by atoms with van der Waals surface area (Å²) in [4.78, 5) is 18.4. The molecule has 2 aliphatic rings. The second kappa shape index (κ2) is 8.69. The fraction of sp³-hybridized carbons (Fsp3) is 0.650. The highest BCUT2D eigenvalue weighted by Gasteiger charge is 2.37. The molecule has 2 atom stereocenters. The third-order valence-electron chi connectivity index (χ3n) is 6.04. The van der Waals surface area contributed by atoms with Crippen molar-refractivity contribution < 1.29 is 23.2 Å². The third kappa shape index (κ3) is 4.97. The van der Waals surface area contributed by atoms with Crippen molar-refractivity contribution in [1.29, 1.82) is 0 Å². The largest absolute Gasteiger partial charge is 0.508 e. The van der Waals surface area contributed by atoms with Crippen molar-refractivity contribution in [2.24, 2.45) is 0 Å². The zero-order valence-corrected chi connectivity index (χ0v) is 17.6. The molecule has 0 unspecified atom stereocenters. The minimum absolute atomic E-state index is 0.0588. The van der Waals surface area contributed by atoms with Gasteiger partial charge in [-0.15, -0.1) is 0 Å². The molecule has 0 spiro atoms. The molecule has 156 valence electrons. The average molecular weight is 411 g/mol. The number of carbonyl (C=O) groups excluding carboxylic acids is 1. The van der Waals surface area contributed by atoms with Gasteiger partial charge in [-0.25, -0.2) is 8.42 Å². The molecule has 0 bridgehead atoms. The summed E-state index contributed by atoms with van der Waals surface area (Å²) >= 11 is 0. The van der Waals surface area contributed by atoms with Gasteiger partial charge in [0.2, 0.25) is 0 Å². The SMILES string of the molecule is CC[C@@H](C)N(C(=O)C[NH+]1CCN(c2ccc(O)cc2)CC1)[C@H]1CCS(=O)(=O)C1. The number of nitrogens with zero attached hydrogens (tertiary/aromatic N) is 2. The highest BCUT2D eigenvalue weighted by atomic mass is 32.2. The van der Waals surface area contributed by atoms with E-state index in [-0.39, 0.29) is 35.2 Å². The summed E-state index contributed by atoms with van der Waals surface area (Å²) in [6.45, 7) is 7.92. The molecule has 2 aliphatic heterocycles. The van der Waals surface area contributed by atoms with E-state index >= 15 is 0 Å². The molecule has 1 amide bonds. The first-order valence-corrected chi connectivity index (χ1v) is 12.0. The molecule has 2 heterocycles. The quantitative estimate of drug-likeness (QED) is 0.685. The van der Waals surface area contributed by atoms with E-state index in [1.165, 1.54) is 4.90 Å². The molecule has 7 nitrogen and oxygen atoms in total. The molecule has 0 aromatic heterocycles. The van der Waals surface area contributed by atoms with Crippen LogP contribution in [0.5, 0.6) is 5.75 Å². The van der Waals surface area contributed by atoms with Crippen molar-refractivity contribution in [3.63, 3.8) is 0 Å². The van der Waals surface area contributed by atoms with Crippen LogP contribution >= 0.6 is 0 Å². The Morgan fingerprint density at radius 1 is 1.29 bits per heavy atom. The summed E-state index contributed by atoms with van der Waals surface area (Å²) in [5, 5.41) is 9.43. The molecule has 2 fully saturated rings. The molecule has 0 radical (unpaired) electrons. The molecular weight excluding hydrogens is 378 g/mol. The van der Waals surface area contributed by atoms with E-state index in [2.05, 4.69) is 4.90 Å². The van der Waals surface area contributed by atoms with Crippen LogP contribution in [0.3, 0.4) is 0 Å². The second-order valence-electron chi connectivity index (χ2n) is 8.05. The Morgan fingerprint density at radius 3 is 2.46 bits per heavy atom. The number of aromatic hydroxyl groups is 1. The number of phenolic OH excluding ortho intramolecular Hbond substituents is 1. The first kappa shape index (κ1) is 20.9. The third-order valence-corrected chi connectivity index (χ3v) is 7.79. The number of sulfone groups is 1. The lowest BCUT2D eigenvalue weighted by Crippen LogP contribution is -3.16. The predicted octanol–water partition coefficient (Wildman–Crippen LogP) is -0.0887. The molecule has 2 saturated heterocycles. The number of quaternary nitrogens is 1. The van der Waals surface area contributed by atoms with Gasteiger partial charge in [0.05, 0.1) is 37.7 Å². The number of rotatable bonds is 6. The van der Waals surface area contributed by atoms with Gasteiger partial charge in [-0.3, -0.25) is 4.79 Å². The van der Waals surface area contributed by atoms with Crippen LogP contribution in [-0.4, -0.2) is 80.6 Å². The molecule has 0 aliphatic carbocycles. The number of carbonyl (C=O) groups is 1. The molecular formula is C20H32N3O4S+. The van der Waals surface area contributed by atoms with Gasteiger partial charge in [-0.2, -0.15) is 0 Å². The van der Waals surface area contributed by atoms with Gasteiger partial charge in [0, 0.05) is 17.8 Å². The highest BCUT2D eigenvalue weighted by molar-refractivity contribution is 7.91. The Labute approximate surface area is 167 Å². The van der Waals surface area contributed by atoms with E-state index in [4.69, 9.17) is 0 Å². The van der Waals surface area contributed by atoms with E-state index in [0.717, 1.165) is 38.3 Å². The van der Waals surface area contributed by atoms with Crippen LogP contribution in [-0.2, 0) is 14.6 Å². The van der Waals surface area contributed by atoms with Crippen LogP contribution in [0.4, 0.5) is 5.69 Å². The van der Waals surface area contributed by atoms with Gasteiger partial charge in [0.25, 0.3) is 5.91 Å². The second-order valence-corrected chi connectivity index (χ2v) is 10.3. The molecule has 0 saturated carbocycles. The van der Waals surface area contributed by atoms with Crippen molar-refractivity contribution in [2.45, 2.75) is 38.8 Å². The van der Waals surface area contributed by atoms with Gasteiger partial charge in [-0.1, -0.05) is 6.92 Å². The maximum absolute atomic E-state index is 13.1. The molecule has 3 rings (SSSR count). The Bertz CT molecular complexity index is 773. The van der Waals surface area contributed by atoms with Gasteiger partial charge in [-0.05, 0) is 44.0 Å². The summed E-state index contributed by atoms with van der Waals surface area (Å²) < 4.78 is 23.8. The first-order chi connectivity index (χ1) is 13.3. The molecule has 8 heteroatoms. The van der Waals surface area contributed by atoms with Crippen molar-refractivity contribution in [3.05, 3.63) is 24.3 Å². The number of piperazine rings is 1. The number of hydrogen-bond acceptors (Lipinski definition) is 5. The smallest absolute Gasteiger partial charge is 0.278 e. The summed E-state index contributed by atoms with van der Waals surface area (Å²) in [5.74, 6) is 0.630. The lowest BCUT2D eigenvalue weighted by atomic mass is 10.1. The molecule has 28 heavy (non-hydrogen) atoms. The van der Waals surface area contributed by atoms with Crippen molar-refractivity contribution >= 4 is 21.4 Å². The minimum atomic E-state index is -3.01. The Balaban J connectivity index is 1.58. The predicted molar refractivity (Wildman–Crippen MR) is 110 cm³/mol. The van der Waals surface area contributed by atoms with Crippen LogP contribution in [0, 0.1) is 0 Å². The fourth-order valence-electron chi connectivity index (χ4n) is 4.23. The Kier molecular flexibility index (Phi) is 6.50. The van der Waals surface area contributed by atoms with Crippen molar-refractivity contribution in [2.75, 3.05) is 49.1 Å². The van der Waals surface area contributed by atoms with E-state index < -0.39 is 9.84 Å². The number of phenols is 1. The number of benzene rings is 1. The minimum Gasteiger partial charge on any atom is -0.508 e. The first-order valence-electron chi connectivity index (χ1n) is 10.2. The van der Waals surface area contributed by atoms with Crippen molar-refractivity contribution in [1.82, 2.24) is 4.90 Å².